The second-order valence-electron chi connectivity index (χ2n) is 4.85. The first kappa shape index (κ1) is 13.2. The van der Waals surface area contributed by atoms with Crippen molar-refractivity contribution >= 4 is 24.0 Å². The number of hydrogen-bond donors (Lipinski definition) is 1. The van der Waals surface area contributed by atoms with Crippen LogP contribution in [0.2, 0.25) is 0 Å². The Balaban J connectivity index is 0.00000120. The summed E-state index contributed by atoms with van der Waals surface area (Å²) in [5, 5.41) is 3.44. The molecular weight excluding hydrogens is 250 g/mol. The Morgan fingerprint density at radius 3 is 2.94 bits per heavy atom. The Morgan fingerprint density at radius 1 is 1.39 bits per heavy atom. The third-order valence-corrected chi connectivity index (χ3v) is 3.52. The van der Waals surface area contributed by atoms with Gasteiger partial charge in [0.05, 0.1) is 13.2 Å². The quantitative estimate of drug-likeness (QED) is 0.878. The molecule has 0 radical (unpaired) electrons. The fourth-order valence-electron chi connectivity index (χ4n) is 2.63. The Bertz CT molecular complexity index is 464. The molecule has 1 aromatic rings. The van der Waals surface area contributed by atoms with Crippen molar-refractivity contribution in [2.24, 2.45) is 0 Å². The number of benzene rings is 1. The number of para-hydroxylation sites is 1. The maximum Gasteiger partial charge on any atom is 0.237 e. The largest absolute Gasteiger partial charge is 0.384 e. The number of likely N-dealkylation sites (N-methyl/N-ethyl adjacent to an activating group) is 1. The molecule has 0 aliphatic carbocycles. The minimum Gasteiger partial charge on any atom is -0.384 e. The van der Waals surface area contributed by atoms with Crippen molar-refractivity contribution < 1.29 is 4.79 Å². The van der Waals surface area contributed by atoms with Crippen molar-refractivity contribution in [1.29, 1.82) is 0 Å². The van der Waals surface area contributed by atoms with Crippen molar-refractivity contribution in [3.63, 3.8) is 0 Å². The Kier molecular flexibility index (Phi) is 3.78. The van der Waals surface area contributed by atoms with E-state index in [1.165, 1.54) is 16.8 Å². The molecule has 0 unspecified atom stereocenters. The number of carbonyl (C=O) groups is 1. The molecule has 0 atom stereocenters. The molecule has 1 fully saturated rings. The van der Waals surface area contributed by atoms with Gasteiger partial charge in [0.25, 0.3) is 0 Å². The summed E-state index contributed by atoms with van der Waals surface area (Å²) >= 11 is 0. The van der Waals surface area contributed by atoms with Crippen LogP contribution < -0.4 is 5.32 Å². The molecule has 1 saturated heterocycles. The van der Waals surface area contributed by atoms with Gasteiger partial charge in [0.15, 0.2) is 0 Å². The van der Waals surface area contributed by atoms with E-state index in [4.69, 9.17) is 0 Å². The van der Waals surface area contributed by atoms with Crippen molar-refractivity contribution in [2.45, 2.75) is 13.0 Å². The predicted molar refractivity (Wildman–Crippen MR) is 73.9 cm³/mol. The third kappa shape index (κ3) is 2.31. The first-order valence-corrected chi connectivity index (χ1v) is 6.05. The summed E-state index contributed by atoms with van der Waals surface area (Å²) in [6, 6.07) is 6.45. The van der Waals surface area contributed by atoms with Crippen LogP contribution in [0.4, 0.5) is 5.69 Å². The lowest BCUT2D eigenvalue weighted by Gasteiger charge is -2.17. The Hall–Kier alpha value is -1.26. The van der Waals surface area contributed by atoms with Gasteiger partial charge in [-0.05, 0) is 17.5 Å². The summed E-state index contributed by atoms with van der Waals surface area (Å²) in [6.07, 6.45) is 1.11. The minimum atomic E-state index is 0. The number of rotatable bonds is 2. The summed E-state index contributed by atoms with van der Waals surface area (Å²) < 4.78 is 0. The monoisotopic (exact) mass is 267 g/mol. The number of nitrogens with one attached hydrogen (secondary N) is 1. The van der Waals surface area contributed by atoms with Gasteiger partial charge >= 0.3 is 0 Å². The molecule has 1 N–H and O–H groups in total. The molecule has 0 bridgehead atoms. The van der Waals surface area contributed by atoms with Crippen molar-refractivity contribution in [3.8, 4) is 0 Å². The fraction of sp³-hybridized carbons (Fsp3) is 0.462. The average Bonchev–Trinajstić information content (AvgIpc) is 2.87. The van der Waals surface area contributed by atoms with Crippen molar-refractivity contribution in [3.05, 3.63) is 29.3 Å². The van der Waals surface area contributed by atoms with Gasteiger partial charge in [-0.3, -0.25) is 9.69 Å². The van der Waals surface area contributed by atoms with Crippen LogP contribution in [-0.2, 0) is 17.8 Å². The highest BCUT2D eigenvalue weighted by atomic mass is 35.5. The van der Waals surface area contributed by atoms with Gasteiger partial charge in [0, 0.05) is 25.8 Å². The number of amides is 1. The summed E-state index contributed by atoms with van der Waals surface area (Å²) in [7, 11) is 1.86. The number of hydrogen-bond acceptors (Lipinski definition) is 3. The Labute approximate surface area is 113 Å². The molecule has 5 heteroatoms. The number of halogens is 1. The van der Waals surface area contributed by atoms with Gasteiger partial charge in [0.1, 0.15) is 0 Å². The molecule has 0 spiro atoms. The normalized spacial score (nSPS) is 18.5. The Morgan fingerprint density at radius 2 is 2.22 bits per heavy atom. The maximum absolute atomic E-state index is 11.5. The van der Waals surface area contributed by atoms with E-state index in [-0.39, 0.29) is 18.3 Å². The molecular formula is C13H18ClN3O. The van der Waals surface area contributed by atoms with Crippen LogP contribution >= 0.6 is 12.4 Å². The van der Waals surface area contributed by atoms with Crippen LogP contribution in [0.5, 0.6) is 0 Å². The molecule has 2 aliphatic heterocycles. The van der Waals surface area contributed by atoms with Crippen LogP contribution in [0.3, 0.4) is 0 Å². The van der Waals surface area contributed by atoms with E-state index in [9.17, 15) is 4.79 Å². The van der Waals surface area contributed by atoms with E-state index in [1.807, 2.05) is 7.05 Å². The zero-order chi connectivity index (χ0) is 11.8. The predicted octanol–water partition coefficient (Wildman–Crippen LogP) is 1.31. The average molecular weight is 268 g/mol. The first-order valence-electron chi connectivity index (χ1n) is 6.05. The minimum absolute atomic E-state index is 0. The fourth-order valence-corrected chi connectivity index (χ4v) is 2.63. The lowest BCUT2D eigenvalue weighted by Crippen LogP contribution is -2.23. The van der Waals surface area contributed by atoms with Crippen LogP contribution in [-0.4, -0.2) is 42.5 Å². The molecule has 0 saturated carbocycles. The smallest absolute Gasteiger partial charge is 0.237 e. The molecule has 1 amide bonds. The van der Waals surface area contributed by atoms with Gasteiger partial charge in [-0.2, -0.15) is 0 Å². The summed E-state index contributed by atoms with van der Waals surface area (Å²) in [5.41, 5.74) is 4.00. The molecule has 2 heterocycles. The van der Waals surface area contributed by atoms with E-state index in [0.29, 0.717) is 6.54 Å². The topological polar surface area (TPSA) is 35.6 Å². The molecule has 4 nitrogen and oxygen atoms in total. The molecule has 98 valence electrons. The third-order valence-electron chi connectivity index (χ3n) is 3.52. The lowest BCUT2D eigenvalue weighted by molar-refractivity contribution is -0.125. The van der Waals surface area contributed by atoms with Gasteiger partial charge in [-0.1, -0.05) is 18.2 Å². The van der Waals surface area contributed by atoms with Gasteiger partial charge in [-0.25, -0.2) is 0 Å². The maximum atomic E-state index is 11.5. The van der Waals surface area contributed by atoms with Crippen molar-refractivity contribution in [2.75, 3.05) is 32.1 Å². The van der Waals surface area contributed by atoms with Crippen LogP contribution in [0.25, 0.3) is 0 Å². The lowest BCUT2D eigenvalue weighted by atomic mass is 10.1. The summed E-state index contributed by atoms with van der Waals surface area (Å²) in [5.74, 6) is 0.213. The second kappa shape index (κ2) is 5.16. The van der Waals surface area contributed by atoms with E-state index in [1.54, 1.807) is 4.90 Å². The van der Waals surface area contributed by atoms with Crippen LogP contribution in [0, 0.1) is 0 Å². The first-order chi connectivity index (χ1) is 8.24. The number of fused-ring (bicyclic) bond motifs is 1. The number of anilines is 1. The van der Waals surface area contributed by atoms with E-state index in [2.05, 4.69) is 28.4 Å². The van der Waals surface area contributed by atoms with Crippen LogP contribution in [0.1, 0.15) is 11.1 Å². The zero-order valence-corrected chi connectivity index (χ0v) is 11.3. The van der Waals surface area contributed by atoms with E-state index >= 15 is 0 Å². The highest BCUT2D eigenvalue weighted by molar-refractivity contribution is 5.85. The van der Waals surface area contributed by atoms with E-state index in [0.717, 1.165) is 26.2 Å². The molecule has 3 rings (SSSR count). The highest BCUT2D eigenvalue weighted by Crippen LogP contribution is 2.27. The molecule has 18 heavy (non-hydrogen) atoms. The van der Waals surface area contributed by atoms with Crippen LogP contribution in [0.15, 0.2) is 18.2 Å². The molecule has 1 aromatic carbocycles. The highest BCUT2D eigenvalue weighted by Gasteiger charge is 2.25. The molecule has 0 aromatic heterocycles. The second-order valence-corrected chi connectivity index (χ2v) is 4.85. The standard InChI is InChI=1S/C13H17N3O.ClH/c1-15-9-16(8-12(15)17)7-11-4-2-3-10-5-6-14-13(10)11;/h2-4,14H,5-9H2,1H3;1H. The number of nitrogens with zero attached hydrogens (tertiary/aromatic N) is 2. The van der Waals surface area contributed by atoms with Crippen molar-refractivity contribution in [1.82, 2.24) is 9.80 Å². The summed E-state index contributed by atoms with van der Waals surface area (Å²) in [4.78, 5) is 15.4. The SMILES string of the molecule is CN1CN(Cc2cccc3c2NCC3)CC1=O.Cl. The van der Waals surface area contributed by atoms with Gasteiger partial charge < -0.3 is 10.2 Å². The van der Waals surface area contributed by atoms with Gasteiger partial charge in [0.2, 0.25) is 5.91 Å². The number of carbonyl (C=O) groups excluding carboxylic acids is 1. The van der Waals surface area contributed by atoms with E-state index < -0.39 is 0 Å². The summed E-state index contributed by atoms with van der Waals surface area (Å²) in [6.45, 7) is 3.17. The van der Waals surface area contributed by atoms with Gasteiger partial charge in [-0.15, -0.1) is 12.4 Å². The zero-order valence-electron chi connectivity index (χ0n) is 10.5. The molecule has 2 aliphatic rings.